The lowest BCUT2D eigenvalue weighted by Gasteiger charge is -2.32. The fraction of sp³-hybridized carbons (Fsp3) is 0.500. The summed E-state index contributed by atoms with van der Waals surface area (Å²) in [6.45, 7) is 7.34. The molecule has 0 saturated carbocycles. The van der Waals surface area contributed by atoms with Gasteiger partial charge in [-0.1, -0.05) is 18.2 Å². The average molecular weight is 470 g/mol. The number of carbonyl (C=O) groups excluding carboxylic acids is 3. The number of hydrogen-bond donors (Lipinski definition) is 2. The van der Waals surface area contributed by atoms with E-state index >= 15 is 0 Å². The molecule has 0 unspecified atom stereocenters. The van der Waals surface area contributed by atoms with E-state index in [1.807, 2.05) is 38.1 Å². The van der Waals surface area contributed by atoms with Crippen molar-refractivity contribution in [3.05, 3.63) is 52.3 Å². The normalized spacial score (nSPS) is 15.6. The number of amides is 2. The number of hydrogen-bond acceptors (Lipinski definition) is 5. The maximum atomic E-state index is 12.9. The number of nitrogens with one attached hydrogen (secondary N) is 2. The SMILES string of the molecule is CCOC(=O)c1[nH]c(C)c(CCC(=O)N2CCC[C@@H](C(=O)NCc3ccccc3OC)C2)c1C. The Bertz CT molecular complexity index is 1030. The topological polar surface area (TPSA) is 101 Å². The fourth-order valence-corrected chi connectivity index (χ4v) is 4.55. The van der Waals surface area contributed by atoms with Crippen LogP contribution >= 0.6 is 0 Å². The van der Waals surface area contributed by atoms with E-state index in [1.54, 1.807) is 18.9 Å². The molecule has 2 heterocycles. The number of carbonyl (C=O) groups is 3. The van der Waals surface area contributed by atoms with Gasteiger partial charge in [-0.3, -0.25) is 9.59 Å². The molecule has 0 radical (unpaired) electrons. The monoisotopic (exact) mass is 469 g/mol. The van der Waals surface area contributed by atoms with Crippen LogP contribution in [0, 0.1) is 19.8 Å². The molecule has 1 fully saturated rings. The van der Waals surface area contributed by atoms with Crippen molar-refractivity contribution in [3.63, 3.8) is 0 Å². The standard InChI is InChI=1S/C26H35N3O5/c1-5-34-26(32)24-17(2)21(18(3)28-24)12-13-23(30)29-14-8-10-20(16-29)25(31)27-15-19-9-6-7-11-22(19)33-4/h6-7,9,11,20,28H,5,8,10,12-16H2,1-4H3,(H,27,31)/t20-/m1/s1. The number of rotatable bonds is 9. The highest BCUT2D eigenvalue weighted by Crippen LogP contribution is 2.23. The summed E-state index contributed by atoms with van der Waals surface area (Å²) in [5, 5.41) is 2.99. The van der Waals surface area contributed by atoms with E-state index in [2.05, 4.69) is 10.3 Å². The van der Waals surface area contributed by atoms with Gasteiger partial charge in [0.2, 0.25) is 11.8 Å². The number of benzene rings is 1. The molecule has 2 N–H and O–H groups in total. The second-order valence-electron chi connectivity index (χ2n) is 8.66. The molecule has 1 aromatic heterocycles. The van der Waals surface area contributed by atoms with Crippen molar-refractivity contribution in [2.75, 3.05) is 26.8 Å². The molecule has 8 heteroatoms. The first-order chi connectivity index (χ1) is 16.3. The number of H-pyrrole nitrogens is 1. The zero-order valence-corrected chi connectivity index (χ0v) is 20.5. The van der Waals surface area contributed by atoms with Crippen LogP contribution in [0.15, 0.2) is 24.3 Å². The molecule has 0 aliphatic carbocycles. The van der Waals surface area contributed by atoms with Crippen LogP contribution in [-0.2, 0) is 27.3 Å². The molecule has 2 amide bonds. The van der Waals surface area contributed by atoms with Crippen LogP contribution < -0.4 is 10.1 Å². The molecule has 2 aromatic rings. The molecule has 184 valence electrons. The first kappa shape index (κ1) is 25.3. The Labute approximate surface area is 201 Å². The van der Waals surface area contributed by atoms with Crippen LogP contribution in [-0.4, -0.2) is 54.5 Å². The third-order valence-corrected chi connectivity index (χ3v) is 6.45. The summed E-state index contributed by atoms with van der Waals surface area (Å²) in [4.78, 5) is 42.7. The van der Waals surface area contributed by atoms with Gasteiger partial charge in [0.25, 0.3) is 0 Å². The van der Waals surface area contributed by atoms with Crippen LogP contribution in [0.2, 0.25) is 0 Å². The number of piperidine rings is 1. The van der Waals surface area contributed by atoms with Crippen molar-refractivity contribution in [1.29, 1.82) is 0 Å². The summed E-state index contributed by atoms with van der Waals surface area (Å²) in [6.07, 6.45) is 2.43. The van der Waals surface area contributed by atoms with Gasteiger partial charge in [-0.15, -0.1) is 0 Å². The third-order valence-electron chi connectivity index (χ3n) is 6.45. The van der Waals surface area contributed by atoms with Crippen LogP contribution in [0.1, 0.15) is 59.1 Å². The van der Waals surface area contributed by atoms with Crippen molar-refractivity contribution in [2.24, 2.45) is 5.92 Å². The zero-order valence-electron chi connectivity index (χ0n) is 20.5. The van der Waals surface area contributed by atoms with Crippen molar-refractivity contribution in [2.45, 2.75) is 53.0 Å². The number of methoxy groups -OCH3 is 1. The number of ether oxygens (including phenoxy) is 2. The maximum Gasteiger partial charge on any atom is 0.355 e. The predicted octanol–water partition coefficient (Wildman–Crippen LogP) is 3.30. The number of aromatic nitrogens is 1. The van der Waals surface area contributed by atoms with Gasteiger partial charge in [-0.2, -0.15) is 0 Å². The first-order valence-corrected chi connectivity index (χ1v) is 11.9. The van der Waals surface area contributed by atoms with Gasteiger partial charge in [0.15, 0.2) is 0 Å². The van der Waals surface area contributed by atoms with E-state index in [4.69, 9.17) is 9.47 Å². The molecule has 3 rings (SSSR count). The van der Waals surface area contributed by atoms with Gasteiger partial charge < -0.3 is 24.7 Å². The lowest BCUT2D eigenvalue weighted by molar-refractivity contribution is -0.135. The van der Waals surface area contributed by atoms with Gasteiger partial charge >= 0.3 is 5.97 Å². The number of nitrogens with zero attached hydrogens (tertiary/aromatic N) is 1. The number of para-hydroxylation sites is 1. The second kappa shape index (κ2) is 11.7. The molecule has 0 spiro atoms. The molecular formula is C26H35N3O5. The molecule has 0 bridgehead atoms. The molecular weight excluding hydrogens is 434 g/mol. The van der Waals surface area contributed by atoms with Crippen molar-refractivity contribution in [1.82, 2.24) is 15.2 Å². The minimum absolute atomic E-state index is 0.0277. The Kier molecular flexibility index (Phi) is 8.73. The third kappa shape index (κ3) is 5.98. The molecule has 1 aromatic carbocycles. The van der Waals surface area contributed by atoms with Crippen molar-refractivity contribution in [3.8, 4) is 5.75 Å². The van der Waals surface area contributed by atoms with Crippen LogP contribution in [0.3, 0.4) is 0 Å². The summed E-state index contributed by atoms with van der Waals surface area (Å²) in [6, 6.07) is 7.60. The Hall–Kier alpha value is -3.29. The Morgan fingerprint density at radius 3 is 2.71 bits per heavy atom. The quantitative estimate of drug-likeness (QED) is 0.549. The Balaban J connectivity index is 1.54. The lowest BCUT2D eigenvalue weighted by atomic mass is 9.96. The number of aromatic amines is 1. The van der Waals surface area contributed by atoms with E-state index < -0.39 is 0 Å². The van der Waals surface area contributed by atoms with Crippen molar-refractivity contribution < 1.29 is 23.9 Å². The summed E-state index contributed by atoms with van der Waals surface area (Å²) >= 11 is 0. The van der Waals surface area contributed by atoms with Crippen LogP contribution in [0.5, 0.6) is 5.75 Å². The highest BCUT2D eigenvalue weighted by Gasteiger charge is 2.28. The molecule has 1 aliphatic heterocycles. The lowest BCUT2D eigenvalue weighted by Crippen LogP contribution is -2.45. The summed E-state index contributed by atoms with van der Waals surface area (Å²) in [5.41, 5.74) is 4.05. The van der Waals surface area contributed by atoms with Crippen LogP contribution in [0.25, 0.3) is 0 Å². The summed E-state index contributed by atoms with van der Waals surface area (Å²) in [7, 11) is 1.61. The van der Waals surface area contributed by atoms with Gasteiger partial charge in [0, 0.05) is 37.3 Å². The molecule has 1 atom stereocenters. The van der Waals surface area contributed by atoms with E-state index in [1.165, 1.54) is 0 Å². The van der Waals surface area contributed by atoms with Gasteiger partial charge in [0.1, 0.15) is 11.4 Å². The zero-order chi connectivity index (χ0) is 24.7. The average Bonchev–Trinajstić information content (AvgIpc) is 3.14. The number of aryl methyl sites for hydroxylation is 1. The molecule has 1 saturated heterocycles. The number of esters is 1. The Morgan fingerprint density at radius 2 is 1.97 bits per heavy atom. The second-order valence-corrected chi connectivity index (χ2v) is 8.66. The Morgan fingerprint density at radius 1 is 1.21 bits per heavy atom. The smallest absolute Gasteiger partial charge is 0.355 e. The van der Waals surface area contributed by atoms with E-state index in [9.17, 15) is 14.4 Å². The summed E-state index contributed by atoms with van der Waals surface area (Å²) in [5.74, 6) is 0.127. The highest BCUT2D eigenvalue weighted by atomic mass is 16.5. The predicted molar refractivity (Wildman–Crippen MR) is 129 cm³/mol. The van der Waals surface area contributed by atoms with Gasteiger partial charge in [0.05, 0.1) is 19.6 Å². The largest absolute Gasteiger partial charge is 0.496 e. The van der Waals surface area contributed by atoms with Crippen LogP contribution in [0.4, 0.5) is 0 Å². The maximum absolute atomic E-state index is 12.9. The van der Waals surface area contributed by atoms with E-state index in [0.717, 1.165) is 41.0 Å². The highest BCUT2D eigenvalue weighted by molar-refractivity contribution is 5.90. The summed E-state index contributed by atoms with van der Waals surface area (Å²) < 4.78 is 10.4. The minimum Gasteiger partial charge on any atom is -0.496 e. The van der Waals surface area contributed by atoms with Gasteiger partial charge in [-0.25, -0.2) is 4.79 Å². The fourth-order valence-electron chi connectivity index (χ4n) is 4.55. The van der Waals surface area contributed by atoms with E-state index in [-0.39, 0.29) is 23.7 Å². The number of likely N-dealkylation sites (tertiary alicyclic amines) is 1. The molecule has 8 nitrogen and oxygen atoms in total. The molecule has 34 heavy (non-hydrogen) atoms. The molecule has 1 aliphatic rings. The van der Waals surface area contributed by atoms with Gasteiger partial charge in [-0.05, 0) is 57.2 Å². The minimum atomic E-state index is -0.376. The van der Waals surface area contributed by atoms with E-state index in [0.29, 0.717) is 44.8 Å². The van der Waals surface area contributed by atoms with Crippen molar-refractivity contribution >= 4 is 17.8 Å². The first-order valence-electron chi connectivity index (χ1n) is 11.9.